The summed E-state index contributed by atoms with van der Waals surface area (Å²) < 4.78 is 0. The van der Waals surface area contributed by atoms with Crippen LogP contribution in [0.1, 0.15) is 19.3 Å². The number of thiol groups is 1. The second-order valence-corrected chi connectivity index (χ2v) is 5.13. The van der Waals surface area contributed by atoms with Crippen LogP contribution in [0.15, 0.2) is 35.2 Å². The van der Waals surface area contributed by atoms with Gasteiger partial charge in [-0.25, -0.2) is 0 Å². The minimum Gasteiger partial charge on any atom is -0.327 e. The first-order valence-corrected chi connectivity index (χ1v) is 6.99. The summed E-state index contributed by atoms with van der Waals surface area (Å²) in [5, 5.41) is 0. The molecule has 0 heterocycles. The summed E-state index contributed by atoms with van der Waals surface area (Å²) in [6.07, 6.45) is 3.54. The van der Waals surface area contributed by atoms with Crippen molar-refractivity contribution >= 4 is 24.4 Å². The summed E-state index contributed by atoms with van der Waals surface area (Å²) in [5.41, 5.74) is 5.78. The molecule has 0 aliphatic rings. The second kappa shape index (κ2) is 8.08. The van der Waals surface area contributed by atoms with Gasteiger partial charge in [-0.15, -0.1) is 11.8 Å². The maximum absolute atomic E-state index is 5.78. The van der Waals surface area contributed by atoms with E-state index in [0.717, 1.165) is 12.2 Å². The Bertz CT molecular complexity index is 251. The minimum atomic E-state index is 0.273. The van der Waals surface area contributed by atoms with Gasteiger partial charge in [0.25, 0.3) is 0 Å². The van der Waals surface area contributed by atoms with Gasteiger partial charge in [-0.1, -0.05) is 24.6 Å². The second-order valence-electron chi connectivity index (χ2n) is 3.60. The highest BCUT2D eigenvalue weighted by Gasteiger charge is 1.99. The monoisotopic (exact) mass is 241 g/mol. The highest BCUT2D eigenvalue weighted by molar-refractivity contribution is 7.99. The molecule has 1 aromatic rings. The Balaban J connectivity index is 2.03. The Hall–Kier alpha value is -0.120. The molecule has 0 bridgehead atoms. The lowest BCUT2D eigenvalue weighted by Gasteiger charge is -2.07. The summed E-state index contributed by atoms with van der Waals surface area (Å²) in [6, 6.07) is 10.8. The fourth-order valence-corrected chi connectivity index (χ4v) is 2.42. The highest BCUT2D eigenvalue weighted by Crippen LogP contribution is 2.18. The summed E-state index contributed by atoms with van der Waals surface area (Å²) in [4.78, 5) is 1.36. The van der Waals surface area contributed by atoms with Gasteiger partial charge in [-0.2, -0.15) is 12.6 Å². The van der Waals surface area contributed by atoms with Crippen LogP contribution in [0.5, 0.6) is 0 Å². The van der Waals surface area contributed by atoms with Crippen LogP contribution in [-0.2, 0) is 0 Å². The number of rotatable bonds is 7. The summed E-state index contributed by atoms with van der Waals surface area (Å²) in [7, 11) is 0. The van der Waals surface area contributed by atoms with E-state index in [2.05, 4.69) is 43.0 Å². The van der Waals surface area contributed by atoms with Crippen LogP contribution < -0.4 is 5.73 Å². The molecule has 0 aliphatic heterocycles. The fourth-order valence-electron chi connectivity index (χ4n) is 1.31. The maximum atomic E-state index is 5.78. The highest BCUT2D eigenvalue weighted by atomic mass is 32.2. The maximum Gasteiger partial charge on any atom is 0.0127 e. The van der Waals surface area contributed by atoms with Crippen molar-refractivity contribution in [3.63, 3.8) is 0 Å². The molecule has 1 atom stereocenters. The van der Waals surface area contributed by atoms with E-state index in [1.807, 2.05) is 11.8 Å². The van der Waals surface area contributed by atoms with E-state index in [4.69, 9.17) is 5.73 Å². The first kappa shape index (κ1) is 12.9. The number of unbranched alkanes of at least 4 members (excludes halogenated alkanes) is 1. The van der Waals surface area contributed by atoms with E-state index >= 15 is 0 Å². The van der Waals surface area contributed by atoms with Crippen LogP contribution in [0, 0.1) is 0 Å². The zero-order chi connectivity index (χ0) is 10.9. The number of benzene rings is 1. The molecule has 0 amide bonds. The standard InChI is InChI=1S/C12H19NS2/c13-11(10-14)6-4-5-9-15-12-7-2-1-3-8-12/h1-3,7-8,11,14H,4-6,9-10,13H2. The lowest BCUT2D eigenvalue weighted by Crippen LogP contribution is -2.21. The first-order valence-electron chi connectivity index (χ1n) is 5.37. The Kier molecular flexibility index (Phi) is 6.98. The van der Waals surface area contributed by atoms with E-state index in [9.17, 15) is 0 Å². The molecule has 0 aromatic heterocycles. The van der Waals surface area contributed by atoms with Crippen molar-refractivity contribution in [2.45, 2.75) is 30.2 Å². The van der Waals surface area contributed by atoms with Gasteiger partial charge in [0.2, 0.25) is 0 Å². The topological polar surface area (TPSA) is 26.0 Å². The van der Waals surface area contributed by atoms with Crippen LogP contribution in [-0.4, -0.2) is 17.5 Å². The molecule has 1 aromatic carbocycles. The van der Waals surface area contributed by atoms with Crippen molar-refractivity contribution in [1.82, 2.24) is 0 Å². The van der Waals surface area contributed by atoms with Crippen molar-refractivity contribution in [3.05, 3.63) is 30.3 Å². The molecule has 15 heavy (non-hydrogen) atoms. The lowest BCUT2D eigenvalue weighted by molar-refractivity contribution is 0.626. The van der Waals surface area contributed by atoms with E-state index in [0.29, 0.717) is 0 Å². The third kappa shape index (κ3) is 6.13. The van der Waals surface area contributed by atoms with Crippen LogP contribution in [0.3, 0.4) is 0 Å². The van der Waals surface area contributed by atoms with Gasteiger partial charge in [0.1, 0.15) is 0 Å². The minimum absolute atomic E-state index is 0.273. The Labute approximate surface area is 102 Å². The van der Waals surface area contributed by atoms with Crippen molar-refractivity contribution in [3.8, 4) is 0 Å². The molecule has 0 saturated heterocycles. The molecule has 0 radical (unpaired) electrons. The summed E-state index contributed by atoms with van der Waals surface area (Å²) in [5.74, 6) is 1.98. The molecule has 84 valence electrons. The van der Waals surface area contributed by atoms with Gasteiger partial charge >= 0.3 is 0 Å². The van der Waals surface area contributed by atoms with E-state index in [-0.39, 0.29) is 6.04 Å². The summed E-state index contributed by atoms with van der Waals surface area (Å²) in [6.45, 7) is 0. The third-order valence-electron chi connectivity index (χ3n) is 2.22. The molecular formula is C12H19NS2. The van der Waals surface area contributed by atoms with Gasteiger partial charge in [0, 0.05) is 16.7 Å². The predicted molar refractivity (Wildman–Crippen MR) is 72.8 cm³/mol. The predicted octanol–water partition coefficient (Wildman–Crippen LogP) is 3.21. The van der Waals surface area contributed by atoms with Gasteiger partial charge in [-0.3, -0.25) is 0 Å². The lowest BCUT2D eigenvalue weighted by atomic mass is 10.2. The van der Waals surface area contributed by atoms with Gasteiger partial charge in [0.05, 0.1) is 0 Å². The van der Waals surface area contributed by atoms with E-state index < -0.39 is 0 Å². The quantitative estimate of drug-likeness (QED) is 0.435. The molecular weight excluding hydrogens is 222 g/mol. The molecule has 2 N–H and O–H groups in total. The normalized spacial score (nSPS) is 12.7. The van der Waals surface area contributed by atoms with Gasteiger partial charge < -0.3 is 5.73 Å². The first-order chi connectivity index (χ1) is 7.33. The van der Waals surface area contributed by atoms with Crippen LogP contribution >= 0.6 is 24.4 Å². The van der Waals surface area contributed by atoms with Crippen LogP contribution in [0.4, 0.5) is 0 Å². The van der Waals surface area contributed by atoms with Crippen molar-refractivity contribution in [2.75, 3.05) is 11.5 Å². The van der Waals surface area contributed by atoms with E-state index in [1.54, 1.807) is 0 Å². The average Bonchev–Trinajstić information content (AvgIpc) is 2.29. The zero-order valence-electron chi connectivity index (χ0n) is 8.93. The molecule has 1 unspecified atom stereocenters. The van der Waals surface area contributed by atoms with Crippen molar-refractivity contribution < 1.29 is 0 Å². The van der Waals surface area contributed by atoms with Gasteiger partial charge in [-0.05, 0) is 30.7 Å². The zero-order valence-corrected chi connectivity index (χ0v) is 10.6. The Morgan fingerprint density at radius 1 is 1.20 bits per heavy atom. The fraction of sp³-hybridized carbons (Fsp3) is 0.500. The van der Waals surface area contributed by atoms with Crippen molar-refractivity contribution in [2.24, 2.45) is 5.73 Å². The van der Waals surface area contributed by atoms with E-state index in [1.165, 1.54) is 23.5 Å². The molecule has 3 heteroatoms. The number of nitrogens with two attached hydrogens (primary N) is 1. The smallest absolute Gasteiger partial charge is 0.0127 e. The SMILES string of the molecule is NC(CS)CCCCSc1ccccc1. The van der Waals surface area contributed by atoms with Crippen molar-refractivity contribution in [1.29, 1.82) is 0 Å². The molecule has 0 fully saturated rings. The molecule has 0 spiro atoms. The van der Waals surface area contributed by atoms with Gasteiger partial charge in [0.15, 0.2) is 0 Å². The number of hydrogen-bond donors (Lipinski definition) is 2. The third-order valence-corrected chi connectivity index (χ3v) is 3.78. The number of hydrogen-bond acceptors (Lipinski definition) is 3. The Morgan fingerprint density at radius 3 is 2.60 bits per heavy atom. The molecule has 0 saturated carbocycles. The summed E-state index contributed by atoms with van der Waals surface area (Å²) >= 11 is 6.09. The molecule has 1 nitrogen and oxygen atoms in total. The largest absolute Gasteiger partial charge is 0.327 e. The molecule has 0 aliphatic carbocycles. The molecule has 1 rings (SSSR count). The average molecular weight is 241 g/mol. The van der Waals surface area contributed by atoms with Crippen LogP contribution in [0.25, 0.3) is 0 Å². The van der Waals surface area contributed by atoms with Crippen LogP contribution in [0.2, 0.25) is 0 Å². The Morgan fingerprint density at radius 2 is 1.93 bits per heavy atom. The number of thioether (sulfide) groups is 1.